The Hall–Kier alpha value is -3.12. The summed E-state index contributed by atoms with van der Waals surface area (Å²) < 4.78 is 50.8. The Labute approximate surface area is 218 Å². The van der Waals surface area contributed by atoms with Crippen LogP contribution in [0, 0.1) is 11.7 Å². The smallest absolute Gasteiger partial charge is 0.356 e. The number of nitrogens with zero attached hydrogens (tertiary/aromatic N) is 3. The third kappa shape index (κ3) is 7.04. The molecular weight excluding hydrogens is 520 g/mol. The van der Waals surface area contributed by atoms with Crippen LogP contribution in [-0.4, -0.2) is 52.0 Å². The maximum atomic E-state index is 14.1. The highest BCUT2D eigenvalue weighted by atomic mass is 31.2. The molecule has 3 aromatic rings. The van der Waals surface area contributed by atoms with Crippen LogP contribution >= 0.6 is 7.60 Å². The third-order valence-corrected chi connectivity index (χ3v) is 7.87. The van der Waals surface area contributed by atoms with Crippen LogP contribution in [0.1, 0.15) is 37.7 Å². The first-order valence-electron chi connectivity index (χ1n) is 12.3. The molecule has 1 saturated carbocycles. The summed E-state index contributed by atoms with van der Waals surface area (Å²) in [6, 6.07) is 4.22. The maximum absolute atomic E-state index is 14.1. The Balaban J connectivity index is 1.38. The van der Waals surface area contributed by atoms with Crippen molar-refractivity contribution in [1.82, 2.24) is 19.5 Å². The van der Waals surface area contributed by atoms with E-state index in [0.29, 0.717) is 5.56 Å². The quantitative estimate of drug-likeness (QED) is 0.238. The van der Waals surface area contributed by atoms with Gasteiger partial charge in [0.25, 0.3) is 5.56 Å². The fraction of sp³-hybridized carbons (Fsp3) is 0.500. The monoisotopic (exact) mass is 551 g/mol. The number of nitrogens with two attached hydrogens (primary N) is 1. The zero-order valence-corrected chi connectivity index (χ0v) is 22.0. The summed E-state index contributed by atoms with van der Waals surface area (Å²) in [5.41, 5.74) is 5.97. The molecule has 0 aliphatic heterocycles. The van der Waals surface area contributed by atoms with E-state index in [0.717, 1.165) is 32.1 Å². The van der Waals surface area contributed by atoms with Gasteiger partial charge in [0, 0.05) is 12.5 Å². The van der Waals surface area contributed by atoms with E-state index in [9.17, 15) is 18.5 Å². The summed E-state index contributed by atoms with van der Waals surface area (Å²) in [6.07, 6.45) is 5.61. The number of imidazole rings is 1. The van der Waals surface area contributed by atoms with Crippen molar-refractivity contribution in [3.63, 3.8) is 0 Å². The highest BCUT2D eigenvalue weighted by molar-refractivity contribution is 7.53. The summed E-state index contributed by atoms with van der Waals surface area (Å²) in [4.78, 5) is 35.1. The minimum atomic E-state index is -3.91. The average Bonchev–Trinajstić information content (AvgIpc) is 3.32. The van der Waals surface area contributed by atoms with Gasteiger partial charge in [-0.2, -0.15) is 4.98 Å². The first-order chi connectivity index (χ1) is 18.3. The number of ketones is 1. The number of aromatic nitrogens is 4. The number of methoxy groups -OCH3 is 1. The van der Waals surface area contributed by atoms with E-state index in [1.165, 1.54) is 25.6 Å². The van der Waals surface area contributed by atoms with Crippen molar-refractivity contribution in [1.29, 1.82) is 0 Å². The molecule has 0 radical (unpaired) electrons. The van der Waals surface area contributed by atoms with E-state index in [4.69, 9.17) is 24.3 Å². The molecule has 0 amide bonds. The molecule has 1 aliphatic rings. The van der Waals surface area contributed by atoms with E-state index in [-0.39, 0.29) is 60.9 Å². The maximum Gasteiger partial charge on any atom is 0.356 e. The lowest BCUT2D eigenvalue weighted by molar-refractivity contribution is -0.126. The van der Waals surface area contributed by atoms with Crippen molar-refractivity contribution in [2.75, 3.05) is 32.4 Å². The molecule has 1 atom stereocenters. The van der Waals surface area contributed by atoms with E-state index >= 15 is 0 Å². The number of ether oxygens (including phenoxy) is 2. The van der Waals surface area contributed by atoms with Gasteiger partial charge in [0.1, 0.15) is 13.0 Å². The molecule has 0 saturated heterocycles. The van der Waals surface area contributed by atoms with Crippen molar-refractivity contribution in [3.05, 3.63) is 46.3 Å². The van der Waals surface area contributed by atoms with Crippen LogP contribution in [0.15, 0.2) is 29.3 Å². The number of H-pyrrole nitrogens is 1. The molecule has 0 bridgehead atoms. The number of fused-ring (bicyclic) bond motifs is 1. The fourth-order valence-electron chi connectivity index (χ4n) is 4.26. The van der Waals surface area contributed by atoms with Gasteiger partial charge in [0.05, 0.1) is 26.7 Å². The zero-order chi connectivity index (χ0) is 27.1. The summed E-state index contributed by atoms with van der Waals surface area (Å²) in [5, 5.41) is 0. The summed E-state index contributed by atoms with van der Waals surface area (Å²) >= 11 is 0. The lowest BCUT2D eigenvalue weighted by Crippen LogP contribution is -2.22. The lowest BCUT2D eigenvalue weighted by atomic mass is 9.86. The number of hydrogen-bond donors (Lipinski definition) is 2. The zero-order valence-electron chi connectivity index (χ0n) is 21.1. The molecule has 1 aromatic carbocycles. The van der Waals surface area contributed by atoms with Gasteiger partial charge >= 0.3 is 7.60 Å². The predicted molar refractivity (Wildman–Crippen MR) is 136 cm³/mol. The average molecular weight is 552 g/mol. The molecule has 2 aromatic heterocycles. The second-order valence-electron chi connectivity index (χ2n) is 9.03. The molecular formula is C24H31FN5O7P. The van der Waals surface area contributed by atoms with Gasteiger partial charge in [0.2, 0.25) is 5.95 Å². The van der Waals surface area contributed by atoms with E-state index in [1.807, 2.05) is 0 Å². The minimum Gasteiger partial charge on any atom is -0.494 e. The molecule has 2 heterocycles. The van der Waals surface area contributed by atoms with Crippen LogP contribution < -0.4 is 16.0 Å². The predicted octanol–water partition coefficient (Wildman–Crippen LogP) is 3.40. The number of anilines is 1. The lowest BCUT2D eigenvalue weighted by Gasteiger charge is -2.22. The van der Waals surface area contributed by atoms with E-state index in [1.54, 1.807) is 10.6 Å². The molecule has 1 aliphatic carbocycles. The van der Waals surface area contributed by atoms with Gasteiger partial charge in [-0.05, 0) is 30.5 Å². The number of nitrogen functional groups attached to an aromatic ring is 1. The van der Waals surface area contributed by atoms with Crippen molar-refractivity contribution in [2.24, 2.45) is 5.92 Å². The van der Waals surface area contributed by atoms with Gasteiger partial charge in [-0.15, -0.1) is 0 Å². The number of benzene rings is 1. The standard InChI is InChI=1S/C24H31FN5O7P/c1-34-20-8-7-16(11-18(20)25)12-36-38(33,37-13-19(31)17-5-3-2-4-6-17)15-35-10-9-30-14-27-21-22(30)28-24(26)29-23(21)32/h7-8,11,14,17H,2-6,9-10,12-13,15H2,1H3,(H3,26,28,29,32). The molecule has 12 nitrogen and oxygen atoms in total. The first-order valence-corrected chi connectivity index (χ1v) is 14.0. The molecule has 1 fully saturated rings. The van der Waals surface area contributed by atoms with Crippen LogP contribution in [0.3, 0.4) is 0 Å². The highest BCUT2D eigenvalue weighted by Crippen LogP contribution is 2.49. The SMILES string of the molecule is COc1ccc(COP(=O)(COCCn2cnc3c(=O)[nH]c(N)nc32)OCC(=O)C2CCCCC2)cc1F. The number of halogens is 1. The third-order valence-electron chi connectivity index (χ3n) is 6.33. The van der Waals surface area contributed by atoms with Crippen molar-refractivity contribution in [3.8, 4) is 5.75 Å². The van der Waals surface area contributed by atoms with Crippen LogP contribution in [0.2, 0.25) is 0 Å². The number of nitrogens with one attached hydrogen (secondary N) is 1. The molecule has 4 rings (SSSR count). The second kappa shape index (κ2) is 12.6. The van der Waals surface area contributed by atoms with Crippen LogP contribution in [0.25, 0.3) is 11.2 Å². The molecule has 38 heavy (non-hydrogen) atoms. The van der Waals surface area contributed by atoms with Crippen molar-refractivity contribution in [2.45, 2.75) is 45.3 Å². The van der Waals surface area contributed by atoms with Gasteiger partial charge in [0.15, 0.2) is 28.5 Å². The minimum absolute atomic E-state index is 0.0459. The Bertz CT molecular complexity index is 1370. The fourth-order valence-corrected chi connectivity index (χ4v) is 5.51. The van der Waals surface area contributed by atoms with Gasteiger partial charge in [-0.1, -0.05) is 25.3 Å². The van der Waals surface area contributed by atoms with Gasteiger partial charge in [-0.25, -0.2) is 9.37 Å². The van der Waals surface area contributed by atoms with E-state index in [2.05, 4.69) is 15.0 Å². The molecule has 14 heteroatoms. The Morgan fingerprint density at radius 1 is 1.26 bits per heavy atom. The van der Waals surface area contributed by atoms with Gasteiger partial charge in [-0.3, -0.25) is 23.7 Å². The summed E-state index contributed by atoms with van der Waals surface area (Å²) in [5.74, 6) is -0.808. The van der Waals surface area contributed by atoms with Crippen molar-refractivity contribution >= 4 is 30.5 Å². The van der Waals surface area contributed by atoms with E-state index < -0.39 is 25.3 Å². The Morgan fingerprint density at radius 2 is 2.05 bits per heavy atom. The van der Waals surface area contributed by atoms with Crippen LogP contribution in [-0.2, 0) is 36.3 Å². The molecule has 0 spiro atoms. The largest absolute Gasteiger partial charge is 0.494 e. The number of carbonyl (C=O) groups excluding carboxylic acids is 1. The molecule has 206 valence electrons. The molecule has 3 N–H and O–H groups in total. The number of Topliss-reactive ketones (excluding diaryl/α,β-unsaturated/α-hetero) is 1. The number of hydrogen-bond acceptors (Lipinski definition) is 10. The van der Waals surface area contributed by atoms with Gasteiger partial charge < -0.3 is 24.3 Å². The first kappa shape index (κ1) is 27.9. The molecule has 1 unspecified atom stereocenters. The Morgan fingerprint density at radius 3 is 2.79 bits per heavy atom. The normalized spacial score (nSPS) is 15.9. The number of carbonyl (C=O) groups is 1. The van der Waals surface area contributed by atoms with Crippen LogP contribution in [0.5, 0.6) is 5.75 Å². The van der Waals surface area contributed by atoms with Crippen molar-refractivity contribution < 1.29 is 32.3 Å². The summed E-state index contributed by atoms with van der Waals surface area (Å²) in [6.45, 7) is -0.320. The number of rotatable bonds is 13. The number of aromatic amines is 1. The summed E-state index contributed by atoms with van der Waals surface area (Å²) in [7, 11) is -2.55. The topological polar surface area (TPSA) is 161 Å². The van der Waals surface area contributed by atoms with Crippen LogP contribution in [0.4, 0.5) is 10.3 Å². The Kier molecular flexibility index (Phi) is 9.26. The highest BCUT2D eigenvalue weighted by Gasteiger charge is 2.29. The second-order valence-corrected chi connectivity index (χ2v) is 11.0.